The monoisotopic (exact) mass is 557 g/mol. The minimum absolute atomic E-state index is 0.0138. The fourth-order valence-corrected chi connectivity index (χ4v) is 5.61. The van der Waals surface area contributed by atoms with Gasteiger partial charge in [-0.3, -0.25) is 0 Å². The first-order valence-electron chi connectivity index (χ1n) is 10.9. The number of benzene rings is 1. The molecule has 1 aliphatic carbocycles. The van der Waals surface area contributed by atoms with E-state index in [1.807, 2.05) is 37.2 Å². The van der Waals surface area contributed by atoms with Gasteiger partial charge in [0.05, 0.1) is 6.54 Å². The highest BCUT2D eigenvalue weighted by atomic mass is 32.2. The van der Waals surface area contributed by atoms with Crippen LogP contribution in [-0.4, -0.2) is 24.8 Å². The predicted octanol–water partition coefficient (Wildman–Crippen LogP) is 7.28. The molecular weight excluding hydrogens is 532 g/mol. The van der Waals surface area contributed by atoms with E-state index >= 15 is 0 Å². The summed E-state index contributed by atoms with van der Waals surface area (Å²) in [5.74, 6) is -1.35. The Morgan fingerprint density at radius 2 is 1.72 bits per heavy atom. The lowest BCUT2D eigenvalue weighted by Crippen LogP contribution is -2.27. The first-order chi connectivity index (χ1) is 16.5. The second-order valence-corrected chi connectivity index (χ2v) is 11.3. The Labute approximate surface area is 209 Å². The molecule has 1 aliphatic rings. The molecule has 0 amide bonds. The van der Waals surface area contributed by atoms with Crippen LogP contribution in [0.2, 0.25) is 0 Å². The average Bonchev–Trinajstić information content (AvgIpc) is 3.20. The number of halogens is 6. The molecule has 0 radical (unpaired) electrons. The molecule has 0 aliphatic heterocycles. The second-order valence-electron chi connectivity index (χ2n) is 8.70. The number of furan rings is 1. The number of hydrogen-bond acceptors (Lipinski definition) is 6. The van der Waals surface area contributed by atoms with Crippen LogP contribution in [0, 0.1) is 26.7 Å². The highest BCUT2D eigenvalue weighted by Crippen LogP contribution is 2.37. The maximum atomic E-state index is 13.0. The van der Waals surface area contributed by atoms with Crippen LogP contribution in [0.4, 0.5) is 26.3 Å². The molecule has 0 saturated carbocycles. The lowest BCUT2D eigenvalue weighted by Gasteiger charge is -2.29. The van der Waals surface area contributed by atoms with Crippen molar-refractivity contribution in [2.45, 2.75) is 63.2 Å². The maximum absolute atomic E-state index is 13.0. The molecule has 1 aromatic carbocycles. The third-order valence-corrected chi connectivity index (χ3v) is 7.90. The first kappa shape index (κ1) is 28.5. The van der Waals surface area contributed by atoms with E-state index in [9.17, 15) is 34.8 Å². The SMILES string of the molecule is Cc1cc(C)c(SN(Cc2ccc(C(F)(F)F)o2)CC2CC=C(OS(=O)(=O)C(F)(F)F)CC2)c(C)c1. The second kappa shape index (κ2) is 10.7. The maximum Gasteiger partial charge on any atom is 0.534 e. The number of nitrogens with zero attached hydrogens (tertiary/aromatic N) is 1. The Morgan fingerprint density at radius 3 is 2.22 bits per heavy atom. The third-order valence-electron chi connectivity index (χ3n) is 5.54. The molecule has 1 aromatic heterocycles. The van der Waals surface area contributed by atoms with E-state index in [1.165, 1.54) is 24.1 Å². The fourth-order valence-electron chi connectivity index (χ4n) is 3.95. The van der Waals surface area contributed by atoms with Gasteiger partial charge in [-0.1, -0.05) is 17.7 Å². The van der Waals surface area contributed by atoms with Gasteiger partial charge in [-0.15, -0.1) is 0 Å². The molecule has 36 heavy (non-hydrogen) atoms. The zero-order valence-corrected chi connectivity index (χ0v) is 21.3. The molecule has 5 nitrogen and oxygen atoms in total. The molecule has 200 valence electrons. The summed E-state index contributed by atoms with van der Waals surface area (Å²) in [5.41, 5.74) is -2.45. The Morgan fingerprint density at radius 1 is 1.08 bits per heavy atom. The molecule has 0 N–H and O–H groups in total. The van der Waals surface area contributed by atoms with Crippen molar-refractivity contribution in [2.75, 3.05) is 6.54 Å². The molecule has 1 atom stereocenters. The Kier molecular flexibility index (Phi) is 8.46. The molecule has 0 bridgehead atoms. The van der Waals surface area contributed by atoms with Crippen LogP contribution >= 0.6 is 11.9 Å². The van der Waals surface area contributed by atoms with E-state index in [2.05, 4.69) is 4.18 Å². The molecular formula is C23H25F6NO4S2. The largest absolute Gasteiger partial charge is 0.534 e. The number of hydrogen-bond donors (Lipinski definition) is 0. The van der Waals surface area contributed by atoms with Crippen molar-refractivity contribution in [3.05, 3.63) is 64.3 Å². The Bertz CT molecular complexity index is 1190. The highest BCUT2D eigenvalue weighted by molar-refractivity contribution is 7.97. The molecule has 1 unspecified atom stereocenters. The van der Waals surface area contributed by atoms with Crippen LogP contribution in [0.3, 0.4) is 0 Å². The summed E-state index contributed by atoms with van der Waals surface area (Å²) in [4.78, 5) is 0.940. The summed E-state index contributed by atoms with van der Waals surface area (Å²) in [6.45, 7) is 6.25. The van der Waals surface area contributed by atoms with Crippen molar-refractivity contribution in [1.82, 2.24) is 4.31 Å². The minimum atomic E-state index is -5.73. The lowest BCUT2D eigenvalue weighted by molar-refractivity contribution is -0.153. The zero-order chi connectivity index (χ0) is 26.9. The smallest absolute Gasteiger partial charge is 0.455 e. The van der Waals surface area contributed by atoms with E-state index in [4.69, 9.17) is 4.42 Å². The summed E-state index contributed by atoms with van der Waals surface area (Å²) in [6.07, 6.45) is -2.72. The van der Waals surface area contributed by atoms with Crippen molar-refractivity contribution in [3.8, 4) is 0 Å². The standard InChI is InChI=1S/C23H25F6NO4S2/c1-14-10-15(2)21(16(3)11-14)35-30(13-19-8-9-20(33-19)22(24,25)26)12-17-4-6-18(7-5-17)34-36(31,32)23(27,28)29/h6,8-11,17H,4-5,7,12-13H2,1-3H3. The van der Waals surface area contributed by atoms with Crippen LogP contribution in [0.1, 0.15) is 47.5 Å². The minimum Gasteiger partial charge on any atom is -0.455 e. The van der Waals surface area contributed by atoms with Crippen LogP contribution in [0.5, 0.6) is 0 Å². The van der Waals surface area contributed by atoms with Crippen molar-refractivity contribution in [1.29, 1.82) is 0 Å². The normalized spacial score (nSPS) is 17.4. The van der Waals surface area contributed by atoms with Gasteiger partial charge in [0.2, 0.25) is 5.76 Å². The molecule has 0 saturated heterocycles. The van der Waals surface area contributed by atoms with Gasteiger partial charge < -0.3 is 8.60 Å². The molecule has 3 rings (SSSR count). The van der Waals surface area contributed by atoms with Crippen molar-refractivity contribution in [3.63, 3.8) is 0 Å². The van der Waals surface area contributed by atoms with Gasteiger partial charge >= 0.3 is 21.8 Å². The first-order valence-corrected chi connectivity index (χ1v) is 13.1. The number of rotatable bonds is 8. The summed E-state index contributed by atoms with van der Waals surface area (Å²) in [5, 5.41) is 0. The molecule has 13 heteroatoms. The van der Waals surface area contributed by atoms with Gasteiger partial charge in [0.25, 0.3) is 0 Å². The van der Waals surface area contributed by atoms with Crippen LogP contribution < -0.4 is 0 Å². The number of allylic oxidation sites excluding steroid dienone is 2. The highest BCUT2D eigenvalue weighted by Gasteiger charge is 2.49. The molecule has 1 heterocycles. The Balaban J connectivity index is 1.77. The quantitative estimate of drug-likeness (QED) is 0.147. The van der Waals surface area contributed by atoms with E-state index in [0.29, 0.717) is 13.0 Å². The van der Waals surface area contributed by atoms with Crippen LogP contribution in [0.15, 0.2) is 45.4 Å². The summed E-state index contributed by atoms with van der Waals surface area (Å²) >= 11 is 1.37. The van der Waals surface area contributed by atoms with Gasteiger partial charge in [-0.25, -0.2) is 4.31 Å². The molecule has 0 fully saturated rings. The zero-order valence-electron chi connectivity index (χ0n) is 19.7. The van der Waals surface area contributed by atoms with E-state index < -0.39 is 27.6 Å². The lowest BCUT2D eigenvalue weighted by atomic mass is 9.93. The van der Waals surface area contributed by atoms with Crippen LogP contribution in [0.25, 0.3) is 0 Å². The predicted molar refractivity (Wildman–Crippen MR) is 122 cm³/mol. The van der Waals surface area contributed by atoms with E-state index in [1.54, 1.807) is 0 Å². The van der Waals surface area contributed by atoms with Crippen molar-refractivity contribution in [2.24, 2.45) is 5.92 Å². The average molecular weight is 558 g/mol. The van der Waals surface area contributed by atoms with Crippen molar-refractivity contribution < 1.29 is 43.4 Å². The number of alkyl halides is 6. The van der Waals surface area contributed by atoms with E-state index in [0.717, 1.165) is 27.7 Å². The van der Waals surface area contributed by atoms with Gasteiger partial charge in [0.1, 0.15) is 11.5 Å². The van der Waals surface area contributed by atoms with Gasteiger partial charge in [0.15, 0.2) is 0 Å². The third kappa shape index (κ3) is 7.22. The van der Waals surface area contributed by atoms with Gasteiger partial charge in [0, 0.05) is 17.9 Å². The summed E-state index contributed by atoms with van der Waals surface area (Å²) in [7, 11) is -5.73. The molecule has 2 aromatic rings. The summed E-state index contributed by atoms with van der Waals surface area (Å²) in [6, 6.07) is 6.13. The topological polar surface area (TPSA) is 59.8 Å². The number of aryl methyl sites for hydroxylation is 3. The molecule has 0 spiro atoms. The van der Waals surface area contributed by atoms with Gasteiger partial charge in [-0.05, 0) is 80.8 Å². The fraction of sp³-hybridized carbons (Fsp3) is 0.478. The van der Waals surface area contributed by atoms with E-state index in [-0.39, 0.29) is 36.8 Å². The summed E-state index contributed by atoms with van der Waals surface area (Å²) < 4.78 is 110. The van der Waals surface area contributed by atoms with Crippen molar-refractivity contribution >= 4 is 22.1 Å². The van der Waals surface area contributed by atoms with Gasteiger partial charge in [-0.2, -0.15) is 34.8 Å². The van der Waals surface area contributed by atoms with Crippen LogP contribution in [-0.2, 0) is 27.0 Å². The Hall–Kier alpha value is -2.12.